The van der Waals surface area contributed by atoms with Crippen LogP contribution in [0.1, 0.15) is 53.1 Å². The molecule has 0 heterocycles. The summed E-state index contributed by atoms with van der Waals surface area (Å²) in [6.07, 6.45) is -0.358. The highest BCUT2D eigenvalue weighted by atomic mass is 16.5. The number of carbonyl (C=O) groups is 1. The summed E-state index contributed by atoms with van der Waals surface area (Å²) in [6, 6.07) is 9.92. The average molecular weight is 277 g/mol. The first kappa shape index (κ1) is 16.5. The molecule has 1 atom stereocenters. The molecule has 0 radical (unpaired) electrons. The minimum atomic E-state index is -0.358. The lowest BCUT2D eigenvalue weighted by Crippen LogP contribution is -2.38. The number of hydrogen-bond donors (Lipinski definition) is 1. The molecular weight excluding hydrogens is 250 g/mol. The van der Waals surface area contributed by atoms with Crippen LogP contribution in [0.15, 0.2) is 30.3 Å². The Morgan fingerprint density at radius 2 is 1.65 bits per heavy atom. The van der Waals surface area contributed by atoms with Crippen molar-refractivity contribution >= 4 is 6.09 Å². The Kier molecular flexibility index (Phi) is 5.21. The van der Waals surface area contributed by atoms with E-state index in [-0.39, 0.29) is 23.0 Å². The predicted molar refractivity (Wildman–Crippen MR) is 82.6 cm³/mol. The number of benzene rings is 1. The van der Waals surface area contributed by atoms with E-state index in [0.717, 1.165) is 5.56 Å². The van der Waals surface area contributed by atoms with Gasteiger partial charge in [-0.25, -0.2) is 4.79 Å². The third kappa shape index (κ3) is 5.64. The van der Waals surface area contributed by atoms with Crippen molar-refractivity contribution in [2.45, 2.75) is 47.6 Å². The second-order valence-corrected chi connectivity index (χ2v) is 7.49. The van der Waals surface area contributed by atoms with E-state index in [9.17, 15) is 4.79 Å². The molecule has 0 aliphatic carbocycles. The van der Waals surface area contributed by atoms with Crippen LogP contribution in [0.2, 0.25) is 0 Å². The number of amides is 1. The molecule has 0 bridgehead atoms. The van der Waals surface area contributed by atoms with Crippen molar-refractivity contribution < 1.29 is 9.53 Å². The van der Waals surface area contributed by atoms with E-state index in [0.29, 0.717) is 6.61 Å². The quantitative estimate of drug-likeness (QED) is 0.880. The Labute approximate surface area is 122 Å². The maximum Gasteiger partial charge on any atom is 0.407 e. The summed E-state index contributed by atoms with van der Waals surface area (Å²) in [6.45, 7) is 12.8. The number of nitrogens with one attached hydrogen (secondary N) is 1. The Morgan fingerprint density at radius 3 is 2.10 bits per heavy atom. The Bertz CT molecular complexity index is 427. The summed E-state index contributed by atoms with van der Waals surface area (Å²) in [7, 11) is 0. The molecule has 0 aromatic heterocycles. The van der Waals surface area contributed by atoms with Gasteiger partial charge in [0.15, 0.2) is 0 Å². The third-order valence-corrected chi connectivity index (χ3v) is 2.90. The topological polar surface area (TPSA) is 38.3 Å². The zero-order valence-corrected chi connectivity index (χ0v) is 13.5. The van der Waals surface area contributed by atoms with E-state index < -0.39 is 0 Å². The largest absolute Gasteiger partial charge is 0.449 e. The summed E-state index contributed by atoms with van der Waals surface area (Å²) >= 11 is 0. The fourth-order valence-electron chi connectivity index (χ4n) is 1.89. The van der Waals surface area contributed by atoms with Crippen LogP contribution in [0.5, 0.6) is 0 Å². The van der Waals surface area contributed by atoms with Crippen LogP contribution in [0.3, 0.4) is 0 Å². The molecule has 1 aromatic carbocycles. The lowest BCUT2D eigenvalue weighted by atomic mass is 9.82. The molecule has 1 unspecified atom stereocenters. The van der Waals surface area contributed by atoms with Gasteiger partial charge in [-0.15, -0.1) is 0 Å². The van der Waals surface area contributed by atoms with Crippen molar-refractivity contribution in [3.05, 3.63) is 35.9 Å². The molecule has 112 valence electrons. The van der Waals surface area contributed by atoms with Gasteiger partial charge in [-0.3, -0.25) is 0 Å². The van der Waals surface area contributed by atoms with Crippen LogP contribution in [0.25, 0.3) is 0 Å². The van der Waals surface area contributed by atoms with Crippen LogP contribution in [-0.2, 0) is 4.74 Å². The Balaban J connectivity index is 2.75. The molecule has 0 aliphatic heterocycles. The molecule has 0 saturated carbocycles. The lowest BCUT2D eigenvalue weighted by molar-refractivity contribution is 0.0968. The molecule has 1 aromatic rings. The van der Waals surface area contributed by atoms with E-state index >= 15 is 0 Å². The average Bonchev–Trinajstić information content (AvgIpc) is 2.32. The summed E-state index contributed by atoms with van der Waals surface area (Å²) in [5.74, 6) is 0. The monoisotopic (exact) mass is 277 g/mol. The van der Waals surface area contributed by atoms with Gasteiger partial charge < -0.3 is 10.1 Å². The Hall–Kier alpha value is -1.51. The summed E-state index contributed by atoms with van der Waals surface area (Å²) in [5.41, 5.74) is 0.983. The van der Waals surface area contributed by atoms with Crippen LogP contribution >= 0.6 is 0 Å². The van der Waals surface area contributed by atoms with E-state index in [2.05, 4.69) is 26.1 Å². The van der Waals surface area contributed by atoms with Gasteiger partial charge in [-0.1, -0.05) is 71.9 Å². The third-order valence-electron chi connectivity index (χ3n) is 2.90. The van der Waals surface area contributed by atoms with Crippen LogP contribution in [0, 0.1) is 10.8 Å². The standard InChI is InChI=1S/C17H27NO2/c1-16(2,3)12-20-15(19)18-14(17(4,5)6)13-10-8-7-9-11-13/h7-11,14H,12H2,1-6H3,(H,18,19). The van der Waals surface area contributed by atoms with Crippen molar-refractivity contribution in [2.75, 3.05) is 6.61 Å². The molecule has 3 heteroatoms. The van der Waals surface area contributed by atoms with Gasteiger partial charge in [0.05, 0.1) is 12.6 Å². The van der Waals surface area contributed by atoms with E-state index in [1.165, 1.54) is 0 Å². The first-order valence-electron chi connectivity index (χ1n) is 7.08. The van der Waals surface area contributed by atoms with Crippen molar-refractivity contribution in [1.82, 2.24) is 5.32 Å². The number of ether oxygens (including phenoxy) is 1. The molecule has 1 rings (SSSR count). The normalized spacial score (nSPS) is 13.7. The lowest BCUT2D eigenvalue weighted by Gasteiger charge is -2.32. The first-order valence-corrected chi connectivity index (χ1v) is 7.08. The fraction of sp³-hybridized carbons (Fsp3) is 0.588. The maximum absolute atomic E-state index is 12.0. The molecule has 0 spiro atoms. The van der Waals surface area contributed by atoms with Crippen molar-refractivity contribution in [3.8, 4) is 0 Å². The van der Waals surface area contributed by atoms with Crippen molar-refractivity contribution in [2.24, 2.45) is 10.8 Å². The summed E-state index contributed by atoms with van der Waals surface area (Å²) in [5, 5.41) is 2.98. The first-order chi connectivity index (χ1) is 9.09. The molecule has 20 heavy (non-hydrogen) atoms. The number of hydrogen-bond acceptors (Lipinski definition) is 2. The molecule has 0 fully saturated rings. The highest BCUT2D eigenvalue weighted by Gasteiger charge is 2.28. The molecule has 3 nitrogen and oxygen atoms in total. The van der Waals surface area contributed by atoms with Crippen molar-refractivity contribution in [3.63, 3.8) is 0 Å². The van der Waals surface area contributed by atoms with E-state index in [1.54, 1.807) is 0 Å². The van der Waals surface area contributed by atoms with Crippen LogP contribution in [0.4, 0.5) is 4.79 Å². The van der Waals surface area contributed by atoms with Gasteiger partial charge in [0.2, 0.25) is 0 Å². The van der Waals surface area contributed by atoms with Gasteiger partial charge >= 0.3 is 6.09 Å². The van der Waals surface area contributed by atoms with Gasteiger partial charge in [0, 0.05) is 0 Å². The molecule has 1 N–H and O–H groups in total. The van der Waals surface area contributed by atoms with Gasteiger partial charge in [-0.2, -0.15) is 0 Å². The second-order valence-electron chi connectivity index (χ2n) is 7.49. The SMILES string of the molecule is CC(C)(C)COC(=O)NC(c1ccccc1)C(C)(C)C. The predicted octanol–water partition coefficient (Wildman–Crippen LogP) is 4.55. The van der Waals surface area contributed by atoms with Gasteiger partial charge in [0.1, 0.15) is 0 Å². The number of alkyl carbamates (subject to hydrolysis) is 1. The van der Waals surface area contributed by atoms with Gasteiger partial charge in [0.25, 0.3) is 0 Å². The molecule has 0 aliphatic rings. The number of carbonyl (C=O) groups excluding carboxylic acids is 1. The smallest absolute Gasteiger partial charge is 0.407 e. The Morgan fingerprint density at radius 1 is 1.10 bits per heavy atom. The van der Waals surface area contributed by atoms with E-state index in [4.69, 9.17) is 4.74 Å². The summed E-state index contributed by atoms with van der Waals surface area (Å²) < 4.78 is 5.30. The van der Waals surface area contributed by atoms with Crippen LogP contribution in [-0.4, -0.2) is 12.7 Å². The minimum absolute atomic E-state index is 0.0265. The molecule has 0 saturated heterocycles. The minimum Gasteiger partial charge on any atom is -0.449 e. The maximum atomic E-state index is 12.0. The molecular formula is C17H27NO2. The second kappa shape index (κ2) is 6.29. The van der Waals surface area contributed by atoms with E-state index in [1.807, 2.05) is 51.1 Å². The van der Waals surface area contributed by atoms with Crippen molar-refractivity contribution in [1.29, 1.82) is 0 Å². The highest BCUT2D eigenvalue weighted by Crippen LogP contribution is 2.32. The van der Waals surface area contributed by atoms with Crippen LogP contribution < -0.4 is 5.32 Å². The molecule has 1 amide bonds. The summed E-state index contributed by atoms with van der Waals surface area (Å²) in [4.78, 5) is 12.0. The highest BCUT2D eigenvalue weighted by molar-refractivity contribution is 5.68. The van der Waals surface area contributed by atoms with Gasteiger partial charge in [-0.05, 0) is 16.4 Å². The fourth-order valence-corrected chi connectivity index (χ4v) is 1.89. The number of rotatable bonds is 3. The zero-order valence-electron chi connectivity index (χ0n) is 13.5. The zero-order chi connectivity index (χ0) is 15.4.